The van der Waals surface area contributed by atoms with E-state index in [-0.39, 0.29) is 38.2 Å². The molecule has 13 heteroatoms. The number of hydrogen-bond donors (Lipinski definition) is 2. The number of hydrogen-bond acceptors (Lipinski definition) is 12. The maximum Gasteiger partial charge on any atom is 0.433 e. The van der Waals surface area contributed by atoms with Gasteiger partial charge in [0.2, 0.25) is 0 Å². The molecule has 13 nitrogen and oxygen atoms in total. The van der Waals surface area contributed by atoms with Crippen molar-refractivity contribution < 1.29 is 53.0 Å². The van der Waals surface area contributed by atoms with Gasteiger partial charge in [0.1, 0.15) is 23.7 Å². The van der Waals surface area contributed by atoms with Crippen molar-refractivity contribution in [2.75, 3.05) is 34.4 Å². The predicted molar refractivity (Wildman–Crippen MR) is 212 cm³/mol. The molecule has 0 radical (unpaired) electrons. The van der Waals surface area contributed by atoms with Gasteiger partial charge in [-0.05, 0) is 78.1 Å². The van der Waals surface area contributed by atoms with Crippen LogP contribution in [-0.4, -0.2) is 127 Å². The molecule has 0 aromatic heterocycles. The lowest BCUT2D eigenvalue weighted by Crippen LogP contribution is -2.60. The summed E-state index contributed by atoms with van der Waals surface area (Å²) in [6.07, 6.45) is -0.00178. The Morgan fingerprint density at radius 2 is 1.73 bits per heavy atom. The first-order chi connectivity index (χ1) is 26.3. The molecule has 2 bridgehead atoms. The number of carbonyl (C=O) groups excluding carboxylic acids is 3. The van der Waals surface area contributed by atoms with Crippen LogP contribution in [0.3, 0.4) is 0 Å². The van der Waals surface area contributed by atoms with Crippen LogP contribution in [-0.2, 0) is 38.0 Å². The van der Waals surface area contributed by atoms with E-state index < -0.39 is 83.4 Å². The molecule has 0 spiro atoms. The molecule has 312 valence electrons. The van der Waals surface area contributed by atoms with E-state index >= 15 is 0 Å². The van der Waals surface area contributed by atoms with Crippen molar-refractivity contribution >= 4 is 29.6 Å². The van der Waals surface area contributed by atoms with Crippen LogP contribution in [0, 0.1) is 23.7 Å². The molecule has 0 aliphatic carbocycles. The van der Waals surface area contributed by atoms with Crippen molar-refractivity contribution in [1.82, 2.24) is 4.90 Å². The Labute approximate surface area is 332 Å². The fraction of sp³-hybridized carbons (Fsp3) is 0.674. The summed E-state index contributed by atoms with van der Waals surface area (Å²) in [5.74, 6) is -4.79. The molecule has 3 heterocycles. The molecule has 0 saturated carbocycles. The summed E-state index contributed by atoms with van der Waals surface area (Å²) in [6.45, 7) is 13.9. The molecule has 2 N–H and O–H groups in total. The third kappa shape index (κ3) is 10.6. The zero-order chi connectivity index (χ0) is 41.5. The monoisotopic (exact) mass is 784 g/mol. The molecule has 3 aliphatic rings. The SMILES string of the molecule is CC[C@H]1OC(=O)[C@H](C)C(=O)[C@H](C)[C@@H](O[C@@H]2O[C@H](C)C[C@H](N(C)C)[C@H]2O)[C@@]2(C)C[C@@H](C)/C(=N\C(=O)OC)[C@H](C)C(OC/C(=C\C=C\c3ccccc3)CO2)[C@]1(C)O. The molecular weight excluding hydrogens is 720 g/mol. The van der Waals surface area contributed by atoms with Crippen molar-refractivity contribution in [2.24, 2.45) is 28.7 Å². The smallest absolute Gasteiger partial charge is 0.433 e. The molecule has 3 aliphatic heterocycles. The van der Waals surface area contributed by atoms with Gasteiger partial charge >= 0.3 is 12.1 Å². The zero-order valence-corrected chi connectivity index (χ0v) is 35.0. The number of amides is 1. The van der Waals surface area contributed by atoms with Crippen LogP contribution in [0.5, 0.6) is 0 Å². The molecule has 1 aromatic rings. The Balaban J connectivity index is 1.98. The minimum absolute atomic E-state index is 0.0167. The number of ketones is 1. The van der Waals surface area contributed by atoms with Crippen molar-refractivity contribution in [2.45, 2.75) is 129 Å². The number of nitrogens with zero attached hydrogens (tertiary/aromatic N) is 2. The van der Waals surface area contributed by atoms with Gasteiger partial charge in [-0.3, -0.25) is 9.59 Å². The van der Waals surface area contributed by atoms with Crippen LogP contribution in [0.25, 0.3) is 6.08 Å². The summed E-state index contributed by atoms with van der Waals surface area (Å²) in [5, 5.41) is 24.0. The maximum absolute atomic E-state index is 14.5. The van der Waals surface area contributed by atoms with Gasteiger partial charge in [0.05, 0.1) is 44.2 Å². The van der Waals surface area contributed by atoms with Gasteiger partial charge in [-0.25, -0.2) is 4.79 Å². The number of allylic oxidation sites excluding steroid dienone is 2. The number of aliphatic hydroxyl groups is 2. The van der Waals surface area contributed by atoms with Crippen LogP contribution in [0.4, 0.5) is 4.79 Å². The molecule has 56 heavy (non-hydrogen) atoms. The lowest BCUT2D eigenvalue weighted by atomic mass is 9.73. The van der Waals surface area contributed by atoms with Gasteiger partial charge in [-0.2, -0.15) is 4.99 Å². The highest BCUT2D eigenvalue weighted by Crippen LogP contribution is 2.40. The number of methoxy groups -OCH3 is 1. The normalized spacial score (nSPS) is 39.6. The number of carbonyl (C=O) groups is 3. The highest BCUT2D eigenvalue weighted by molar-refractivity contribution is 6.00. The lowest BCUT2D eigenvalue weighted by Gasteiger charge is -2.47. The Morgan fingerprint density at radius 1 is 1.05 bits per heavy atom. The quantitative estimate of drug-likeness (QED) is 0.279. The summed E-state index contributed by atoms with van der Waals surface area (Å²) in [7, 11) is 4.98. The number of benzene rings is 1. The molecule has 1 unspecified atom stereocenters. The predicted octanol–water partition coefficient (Wildman–Crippen LogP) is 5.41. The fourth-order valence-corrected chi connectivity index (χ4v) is 8.50. The van der Waals surface area contributed by atoms with Crippen molar-refractivity contribution in [1.29, 1.82) is 0 Å². The van der Waals surface area contributed by atoms with Crippen LogP contribution < -0.4 is 0 Å². The maximum atomic E-state index is 14.5. The molecule has 4 rings (SSSR count). The lowest BCUT2D eigenvalue weighted by molar-refractivity contribution is -0.296. The van der Waals surface area contributed by atoms with E-state index in [9.17, 15) is 24.6 Å². The van der Waals surface area contributed by atoms with Crippen molar-refractivity contribution in [3.63, 3.8) is 0 Å². The van der Waals surface area contributed by atoms with Crippen LogP contribution in [0.1, 0.15) is 80.2 Å². The summed E-state index contributed by atoms with van der Waals surface area (Å²) in [4.78, 5) is 47.6. The van der Waals surface area contributed by atoms with Gasteiger partial charge in [-0.15, -0.1) is 0 Å². The average molecular weight is 785 g/mol. The second-order valence-corrected chi connectivity index (χ2v) is 16.4. The minimum atomic E-state index is -1.82. The number of aliphatic hydroxyl groups excluding tert-OH is 1. The Bertz CT molecular complexity index is 1590. The molecule has 1 amide bonds. The third-order valence-electron chi connectivity index (χ3n) is 11.7. The van der Waals surface area contributed by atoms with Crippen LogP contribution in [0.15, 0.2) is 53.0 Å². The summed E-state index contributed by atoms with van der Waals surface area (Å²) in [5.41, 5.74) is -1.13. The second-order valence-electron chi connectivity index (χ2n) is 16.4. The molecule has 13 atom stereocenters. The van der Waals surface area contributed by atoms with E-state index in [2.05, 4.69) is 4.99 Å². The number of fused-ring (bicyclic) bond motifs is 5. The van der Waals surface area contributed by atoms with E-state index in [4.69, 9.17) is 28.4 Å². The summed E-state index contributed by atoms with van der Waals surface area (Å²) >= 11 is 0. The van der Waals surface area contributed by atoms with Gasteiger partial charge < -0.3 is 43.5 Å². The van der Waals surface area contributed by atoms with E-state index in [0.29, 0.717) is 17.7 Å². The molecule has 1 aromatic carbocycles. The van der Waals surface area contributed by atoms with Gasteiger partial charge in [0, 0.05) is 23.6 Å². The Morgan fingerprint density at radius 3 is 2.36 bits per heavy atom. The number of rotatable bonds is 6. The number of ether oxygens (including phenoxy) is 6. The zero-order valence-electron chi connectivity index (χ0n) is 35.0. The van der Waals surface area contributed by atoms with Gasteiger partial charge in [-0.1, -0.05) is 76.3 Å². The van der Waals surface area contributed by atoms with E-state index in [0.717, 1.165) is 5.56 Å². The van der Waals surface area contributed by atoms with Gasteiger partial charge in [0.25, 0.3) is 0 Å². The van der Waals surface area contributed by atoms with E-state index in [1.807, 2.05) is 95.3 Å². The fourth-order valence-electron chi connectivity index (χ4n) is 8.50. The molecule has 3 saturated heterocycles. The first-order valence-electron chi connectivity index (χ1n) is 19.8. The van der Waals surface area contributed by atoms with Crippen LogP contribution >= 0.6 is 0 Å². The highest BCUT2D eigenvalue weighted by Gasteiger charge is 2.53. The first-order valence-corrected chi connectivity index (χ1v) is 19.8. The topological polar surface area (TPSA) is 163 Å². The van der Waals surface area contributed by atoms with E-state index in [1.165, 1.54) is 21.0 Å². The number of aliphatic imine (C=N–C) groups is 1. The molecular formula is C43H64N2O11. The number of likely N-dealkylation sites (N-methyl/N-ethyl adjacent to an activating group) is 1. The summed E-state index contributed by atoms with van der Waals surface area (Å²) < 4.78 is 37.6. The number of esters is 1. The van der Waals surface area contributed by atoms with Gasteiger partial charge in [0.15, 0.2) is 12.1 Å². The Hall–Kier alpha value is -3.30. The van der Waals surface area contributed by atoms with Crippen LogP contribution in [0.2, 0.25) is 0 Å². The first kappa shape index (κ1) is 45.4. The minimum Gasteiger partial charge on any atom is -0.459 e. The highest BCUT2D eigenvalue weighted by atomic mass is 16.7. The second kappa shape index (κ2) is 19.4. The van der Waals surface area contributed by atoms with E-state index in [1.54, 1.807) is 13.8 Å². The van der Waals surface area contributed by atoms with Crippen molar-refractivity contribution in [3.8, 4) is 0 Å². The molecule has 3 fully saturated rings. The third-order valence-corrected chi connectivity index (χ3v) is 11.7. The Kier molecular flexibility index (Phi) is 15.8. The summed E-state index contributed by atoms with van der Waals surface area (Å²) in [6, 6.07) is 9.49. The number of cyclic esters (lactones) is 1. The average Bonchev–Trinajstić information content (AvgIpc) is 3.17. The largest absolute Gasteiger partial charge is 0.459 e. The van der Waals surface area contributed by atoms with Crippen molar-refractivity contribution in [3.05, 3.63) is 53.6 Å². The number of Topliss-reactive ketones (excluding diaryl/α,β-unsaturated/α-hetero) is 1. The standard InChI is InChI=1S/C43H64N2O11/c1-12-33-43(8,50)38-27(4)34(44-41(49)51-11)25(2)22-42(7,53-24-31(23-52-38)20-16-19-30-17-14-13-15-18-30)37(28(5)35(46)29(6)39(48)55-33)56-40-36(47)32(45(9)10)21-26(3)54-40/h13-20,25-29,32-33,36-38,40,47,50H,12,21-24H2,1-11H3/b19-16+,31-20+,44-34+/t25-,26-,27+,28+,29-,32+,33-,36-,37-,38?,40+,42-,43-/m1/s1.